The van der Waals surface area contributed by atoms with Gasteiger partial charge in [-0.05, 0) is 56.6 Å². The Kier molecular flexibility index (Phi) is 4.10. The van der Waals surface area contributed by atoms with Crippen molar-refractivity contribution < 1.29 is 0 Å². The average molecular weight is 286 g/mol. The maximum Gasteiger partial charge on any atom is 0.264 e. The molecule has 0 aliphatic carbocycles. The molecule has 1 aromatic carbocycles. The van der Waals surface area contributed by atoms with Crippen molar-refractivity contribution in [2.75, 3.05) is 32.0 Å². The predicted molar refractivity (Wildman–Crippen MR) is 85.6 cm³/mol. The van der Waals surface area contributed by atoms with E-state index in [1.165, 1.54) is 25.9 Å². The van der Waals surface area contributed by atoms with Crippen LogP contribution in [0.1, 0.15) is 12.8 Å². The van der Waals surface area contributed by atoms with Gasteiger partial charge < -0.3 is 10.2 Å². The molecular weight excluding hydrogens is 264 g/mol. The molecule has 21 heavy (non-hydrogen) atoms. The fourth-order valence-corrected chi connectivity index (χ4v) is 2.78. The predicted octanol–water partition coefficient (Wildman–Crippen LogP) is 2.12. The number of rotatable bonds is 4. The molecule has 0 radical (unpaired) electrons. The number of nitrogens with one attached hydrogen (secondary N) is 3. The Morgan fingerprint density at radius 1 is 1.19 bits per heavy atom. The van der Waals surface area contributed by atoms with Crippen LogP contribution in [-0.4, -0.2) is 41.8 Å². The molecule has 5 nitrogen and oxygen atoms in total. The Hall–Kier alpha value is -2.01. The highest BCUT2D eigenvalue weighted by Gasteiger charge is 2.16. The van der Waals surface area contributed by atoms with Crippen LogP contribution in [0.2, 0.25) is 0 Å². The van der Waals surface area contributed by atoms with E-state index in [0.29, 0.717) is 0 Å². The molecule has 3 N–H and O–H groups in total. The second kappa shape index (κ2) is 6.18. The Balaban J connectivity index is 1.56. The van der Waals surface area contributed by atoms with Crippen LogP contribution in [0.15, 0.2) is 35.1 Å². The number of aromatic nitrogens is 2. The summed E-state index contributed by atoms with van der Waals surface area (Å²) in [5, 5.41) is 8.93. The monoisotopic (exact) mass is 286 g/mol. The number of aromatic amines is 2. The minimum Gasteiger partial charge on any atom is -0.385 e. The van der Waals surface area contributed by atoms with Gasteiger partial charge in [-0.3, -0.25) is 15.0 Å². The summed E-state index contributed by atoms with van der Waals surface area (Å²) in [4.78, 5) is 13.5. The van der Waals surface area contributed by atoms with Gasteiger partial charge in [-0.2, -0.15) is 0 Å². The van der Waals surface area contributed by atoms with Crippen molar-refractivity contribution >= 4 is 5.69 Å². The quantitative estimate of drug-likeness (QED) is 0.806. The number of hydrogen-bond donors (Lipinski definition) is 3. The van der Waals surface area contributed by atoms with E-state index in [-0.39, 0.29) is 5.56 Å². The third-order valence-corrected chi connectivity index (χ3v) is 4.22. The maximum absolute atomic E-state index is 11.1. The SMILES string of the molecule is CN1CCC(CNc2ccc(-c3cc(=O)[nH][nH]3)cc2)CC1. The Morgan fingerprint density at radius 2 is 1.90 bits per heavy atom. The number of likely N-dealkylation sites (tertiary alicyclic amines) is 1. The highest BCUT2D eigenvalue weighted by Crippen LogP contribution is 2.20. The van der Waals surface area contributed by atoms with Gasteiger partial charge in [0.1, 0.15) is 0 Å². The normalized spacial score (nSPS) is 17.0. The first-order chi connectivity index (χ1) is 10.2. The summed E-state index contributed by atoms with van der Waals surface area (Å²) in [7, 11) is 2.19. The molecule has 0 spiro atoms. The number of anilines is 1. The smallest absolute Gasteiger partial charge is 0.264 e. The Morgan fingerprint density at radius 3 is 2.52 bits per heavy atom. The maximum atomic E-state index is 11.1. The van der Waals surface area contributed by atoms with Gasteiger partial charge in [-0.25, -0.2) is 0 Å². The first-order valence-corrected chi connectivity index (χ1v) is 7.51. The van der Waals surface area contributed by atoms with Gasteiger partial charge >= 0.3 is 0 Å². The van der Waals surface area contributed by atoms with Gasteiger partial charge in [-0.15, -0.1) is 0 Å². The molecule has 0 bridgehead atoms. The van der Waals surface area contributed by atoms with E-state index in [0.717, 1.165) is 29.4 Å². The Labute approximate surface area is 124 Å². The minimum absolute atomic E-state index is 0.102. The van der Waals surface area contributed by atoms with Crippen LogP contribution in [0.3, 0.4) is 0 Å². The van der Waals surface area contributed by atoms with Crippen molar-refractivity contribution in [3.05, 3.63) is 40.7 Å². The molecule has 1 aromatic heterocycles. The van der Waals surface area contributed by atoms with Crippen LogP contribution in [0, 0.1) is 5.92 Å². The van der Waals surface area contributed by atoms with Crippen LogP contribution in [-0.2, 0) is 0 Å². The topological polar surface area (TPSA) is 63.9 Å². The average Bonchev–Trinajstić information content (AvgIpc) is 2.94. The molecule has 112 valence electrons. The number of piperidine rings is 1. The Bertz CT molecular complexity index is 620. The van der Waals surface area contributed by atoms with Crippen LogP contribution < -0.4 is 10.9 Å². The van der Waals surface area contributed by atoms with Gasteiger partial charge in [-0.1, -0.05) is 12.1 Å². The summed E-state index contributed by atoms with van der Waals surface area (Å²) in [5.41, 5.74) is 2.87. The summed E-state index contributed by atoms with van der Waals surface area (Å²) < 4.78 is 0. The van der Waals surface area contributed by atoms with Crippen LogP contribution in [0.5, 0.6) is 0 Å². The van der Waals surface area contributed by atoms with Gasteiger partial charge in [0.25, 0.3) is 5.56 Å². The van der Waals surface area contributed by atoms with E-state index >= 15 is 0 Å². The zero-order valence-electron chi connectivity index (χ0n) is 12.4. The molecule has 0 unspecified atom stereocenters. The van der Waals surface area contributed by atoms with Crippen molar-refractivity contribution in [2.45, 2.75) is 12.8 Å². The zero-order valence-corrected chi connectivity index (χ0v) is 12.4. The number of H-pyrrole nitrogens is 2. The molecule has 1 aliphatic heterocycles. The molecule has 0 amide bonds. The van der Waals surface area contributed by atoms with E-state index in [2.05, 4.69) is 39.6 Å². The third-order valence-electron chi connectivity index (χ3n) is 4.22. The van der Waals surface area contributed by atoms with Crippen molar-refractivity contribution in [1.29, 1.82) is 0 Å². The number of hydrogen-bond acceptors (Lipinski definition) is 3. The van der Waals surface area contributed by atoms with E-state index in [1.54, 1.807) is 6.07 Å². The molecule has 2 heterocycles. The van der Waals surface area contributed by atoms with E-state index < -0.39 is 0 Å². The molecule has 1 aliphatic rings. The van der Waals surface area contributed by atoms with Crippen molar-refractivity contribution in [1.82, 2.24) is 15.1 Å². The first-order valence-electron chi connectivity index (χ1n) is 7.51. The lowest BCUT2D eigenvalue weighted by Crippen LogP contribution is -2.32. The highest BCUT2D eigenvalue weighted by molar-refractivity contribution is 5.62. The molecule has 5 heteroatoms. The van der Waals surface area contributed by atoms with Crippen molar-refractivity contribution in [3.63, 3.8) is 0 Å². The third kappa shape index (κ3) is 3.55. The van der Waals surface area contributed by atoms with Gasteiger partial charge in [0.2, 0.25) is 0 Å². The van der Waals surface area contributed by atoms with Gasteiger partial charge in [0.15, 0.2) is 0 Å². The van der Waals surface area contributed by atoms with Crippen molar-refractivity contribution in [2.24, 2.45) is 5.92 Å². The van der Waals surface area contributed by atoms with E-state index in [1.807, 2.05) is 12.1 Å². The van der Waals surface area contributed by atoms with Crippen LogP contribution >= 0.6 is 0 Å². The second-order valence-electron chi connectivity index (χ2n) is 5.88. The van der Waals surface area contributed by atoms with E-state index in [4.69, 9.17) is 0 Å². The standard InChI is InChI=1S/C16H22N4O/c1-20-8-6-12(7-9-20)11-17-14-4-2-13(3-5-14)15-10-16(21)19-18-15/h2-5,10,12,17H,6-9,11H2,1H3,(H2,18,19,21). The van der Waals surface area contributed by atoms with Crippen molar-refractivity contribution in [3.8, 4) is 11.3 Å². The molecule has 2 aromatic rings. The largest absolute Gasteiger partial charge is 0.385 e. The molecule has 1 saturated heterocycles. The number of nitrogens with zero attached hydrogens (tertiary/aromatic N) is 1. The molecule has 0 atom stereocenters. The number of benzene rings is 1. The molecule has 1 fully saturated rings. The highest BCUT2D eigenvalue weighted by atomic mass is 16.1. The summed E-state index contributed by atoms with van der Waals surface area (Å²) >= 11 is 0. The lowest BCUT2D eigenvalue weighted by Gasteiger charge is -2.29. The molecule has 3 rings (SSSR count). The molecular formula is C16H22N4O. The minimum atomic E-state index is -0.102. The summed E-state index contributed by atoms with van der Waals surface area (Å²) in [6.07, 6.45) is 2.54. The zero-order chi connectivity index (χ0) is 14.7. The fraction of sp³-hybridized carbons (Fsp3) is 0.438. The molecule has 0 saturated carbocycles. The van der Waals surface area contributed by atoms with Crippen LogP contribution in [0.25, 0.3) is 11.3 Å². The summed E-state index contributed by atoms with van der Waals surface area (Å²) in [6.45, 7) is 3.44. The van der Waals surface area contributed by atoms with Crippen LogP contribution in [0.4, 0.5) is 5.69 Å². The summed E-state index contributed by atoms with van der Waals surface area (Å²) in [6, 6.07) is 9.75. The fourth-order valence-electron chi connectivity index (χ4n) is 2.78. The van der Waals surface area contributed by atoms with Gasteiger partial charge in [0.05, 0.1) is 5.69 Å². The lowest BCUT2D eigenvalue weighted by atomic mass is 9.97. The lowest BCUT2D eigenvalue weighted by molar-refractivity contribution is 0.226. The van der Waals surface area contributed by atoms with E-state index in [9.17, 15) is 4.79 Å². The van der Waals surface area contributed by atoms with Gasteiger partial charge in [0, 0.05) is 18.3 Å². The summed E-state index contributed by atoms with van der Waals surface area (Å²) in [5.74, 6) is 0.766. The second-order valence-corrected chi connectivity index (χ2v) is 5.88. The first kappa shape index (κ1) is 13.9.